The van der Waals surface area contributed by atoms with E-state index in [1.165, 1.54) is 5.56 Å². The van der Waals surface area contributed by atoms with Gasteiger partial charge in [-0.1, -0.05) is 42.5 Å². The fourth-order valence-electron chi connectivity index (χ4n) is 3.47. The van der Waals surface area contributed by atoms with Gasteiger partial charge in [0.25, 0.3) is 0 Å². The van der Waals surface area contributed by atoms with E-state index >= 15 is 0 Å². The standard InChI is InChI=1S/C23H31NO3/c1-4-17-24-21(14-10-13-19-11-8-7-9-12-19)20(23(25)26-6-3)15-16-22(24)27-18-5-2/h4-5,7-9,11-12,22H,1-2,6,10,13-18H2,3H3. The molecule has 0 fully saturated rings. The average Bonchev–Trinajstić information content (AvgIpc) is 2.69. The van der Waals surface area contributed by atoms with Gasteiger partial charge in [-0.2, -0.15) is 0 Å². The molecule has 0 spiro atoms. The van der Waals surface area contributed by atoms with Gasteiger partial charge in [0.1, 0.15) is 6.23 Å². The van der Waals surface area contributed by atoms with E-state index in [9.17, 15) is 4.79 Å². The first kappa shape index (κ1) is 21.0. The van der Waals surface area contributed by atoms with Gasteiger partial charge in [-0.3, -0.25) is 0 Å². The zero-order chi connectivity index (χ0) is 19.5. The summed E-state index contributed by atoms with van der Waals surface area (Å²) in [6.07, 6.45) is 7.73. The van der Waals surface area contributed by atoms with Gasteiger partial charge < -0.3 is 14.4 Å². The van der Waals surface area contributed by atoms with Crippen molar-refractivity contribution in [2.24, 2.45) is 0 Å². The summed E-state index contributed by atoms with van der Waals surface area (Å²) in [4.78, 5) is 14.7. The second-order valence-electron chi connectivity index (χ2n) is 6.54. The molecule has 1 heterocycles. The molecular formula is C23H31NO3. The molecule has 0 aliphatic carbocycles. The molecule has 4 nitrogen and oxygen atoms in total. The van der Waals surface area contributed by atoms with Crippen molar-refractivity contribution < 1.29 is 14.3 Å². The zero-order valence-electron chi connectivity index (χ0n) is 16.4. The Hall–Kier alpha value is -2.33. The third-order valence-corrected chi connectivity index (χ3v) is 4.66. The molecule has 4 heteroatoms. The number of aryl methyl sites for hydroxylation is 1. The lowest BCUT2D eigenvalue weighted by Gasteiger charge is -2.39. The van der Waals surface area contributed by atoms with Crippen molar-refractivity contribution in [1.82, 2.24) is 4.90 Å². The maximum atomic E-state index is 12.5. The van der Waals surface area contributed by atoms with Crippen LogP contribution in [0.15, 0.2) is 66.9 Å². The monoisotopic (exact) mass is 369 g/mol. The maximum absolute atomic E-state index is 12.5. The summed E-state index contributed by atoms with van der Waals surface area (Å²) in [6, 6.07) is 10.4. The molecule has 1 aliphatic rings. The van der Waals surface area contributed by atoms with E-state index in [-0.39, 0.29) is 12.2 Å². The smallest absolute Gasteiger partial charge is 0.335 e. The van der Waals surface area contributed by atoms with Gasteiger partial charge in [-0.15, -0.1) is 13.2 Å². The number of carbonyl (C=O) groups is 1. The topological polar surface area (TPSA) is 38.8 Å². The van der Waals surface area contributed by atoms with E-state index in [2.05, 4.69) is 42.3 Å². The minimum absolute atomic E-state index is 0.0640. The first-order valence-corrected chi connectivity index (χ1v) is 9.74. The molecule has 0 aromatic heterocycles. The second-order valence-corrected chi connectivity index (χ2v) is 6.54. The van der Waals surface area contributed by atoms with Crippen LogP contribution in [0.3, 0.4) is 0 Å². The van der Waals surface area contributed by atoms with Gasteiger partial charge in [0.2, 0.25) is 0 Å². The van der Waals surface area contributed by atoms with Gasteiger partial charge >= 0.3 is 5.97 Å². The molecule has 0 N–H and O–H groups in total. The minimum atomic E-state index is -0.205. The molecule has 0 saturated heterocycles. The highest BCUT2D eigenvalue weighted by Gasteiger charge is 2.31. The van der Waals surface area contributed by atoms with E-state index in [4.69, 9.17) is 9.47 Å². The van der Waals surface area contributed by atoms with Crippen LogP contribution < -0.4 is 0 Å². The average molecular weight is 370 g/mol. The van der Waals surface area contributed by atoms with Gasteiger partial charge in [-0.25, -0.2) is 4.79 Å². The predicted octanol–water partition coefficient (Wildman–Crippen LogP) is 4.64. The van der Waals surface area contributed by atoms with E-state index in [0.717, 1.165) is 37.0 Å². The number of nitrogens with zero attached hydrogens (tertiary/aromatic N) is 1. The highest BCUT2D eigenvalue weighted by atomic mass is 16.5. The van der Waals surface area contributed by atoms with Crippen molar-refractivity contribution in [1.29, 1.82) is 0 Å². The molecule has 1 atom stereocenters. The Morgan fingerprint density at radius 2 is 2.00 bits per heavy atom. The molecule has 0 radical (unpaired) electrons. The second kappa shape index (κ2) is 11.4. The summed E-state index contributed by atoms with van der Waals surface area (Å²) < 4.78 is 11.3. The number of esters is 1. The van der Waals surface area contributed by atoms with E-state index in [1.54, 1.807) is 6.08 Å². The predicted molar refractivity (Wildman–Crippen MR) is 109 cm³/mol. The summed E-state index contributed by atoms with van der Waals surface area (Å²) in [6.45, 7) is 11.0. The van der Waals surface area contributed by atoms with Gasteiger partial charge in [0.05, 0.1) is 18.8 Å². The molecule has 0 bridgehead atoms. The molecule has 1 aliphatic heterocycles. The Bertz CT molecular complexity index is 651. The Balaban J connectivity index is 2.20. The molecule has 0 saturated carbocycles. The fraction of sp³-hybridized carbons (Fsp3) is 0.435. The van der Waals surface area contributed by atoms with Crippen molar-refractivity contribution in [3.63, 3.8) is 0 Å². The third kappa shape index (κ3) is 6.10. The zero-order valence-corrected chi connectivity index (χ0v) is 16.4. The van der Waals surface area contributed by atoms with E-state index < -0.39 is 0 Å². The summed E-state index contributed by atoms with van der Waals surface area (Å²) in [5.74, 6) is -0.205. The quantitative estimate of drug-likeness (QED) is 0.421. The van der Waals surface area contributed by atoms with Crippen molar-refractivity contribution in [3.05, 3.63) is 72.5 Å². The lowest BCUT2D eigenvalue weighted by Crippen LogP contribution is -2.41. The molecule has 1 aromatic rings. The first-order chi connectivity index (χ1) is 13.2. The van der Waals surface area contributed by atoms with Crippen molar-refractivity contribution in [2.75, 3.05) is 19.8 Å². The summed E-state index contributed by atoms with van der Waals surface area (Å²) >= 11 is 0. The van der Waals surface area contributed by atoms with Crippen LogP contribution >= 0.6 is 0 Å². The number of carbonyl (C=O) groups excluding carboxylic acids is 1. The molecule has 146 valence electrons. The number of hydrogen-bond acceptors (Lipinski definition) is 4. The number of ether oxygens (including phenoxy) is 2. The van der Waals surface area contributed by atoms with Gasteiger partial charge in [0, 0.05) is 12.2 Å². The molecule has 27 heavy (non-hydrogen) atoms. The SMILES string of the molecule is C=CCOC1CCC(C(=O)OCC)=C(CCCc2ccccc2)N1CC=C. The van der Waals surface area contributed by atoms with Crippen LogP contribution in [0.2, 0.25) is 0 Å². The summed E-state index contributed by atoms with van der Waals surface area (Å²) in [5.41, 5.74) is 3.12. The molecular weight excluding hydrogens is 338 g/mol. The van der Waals surface area contributed by atoms with Crippen LogP contribution in [0, 0.1) is 0 Å². The lowest BCUT2D eigenvalue weighted by atomic mass is 9.96. The first-order valence-electron chi connectivity index (χ1n) is 9.74. The van der Waals surface area contributed by atoms with Crippen LogP contribution in [0.5, 0.6) is 0 Å². The van der Waals surface area contributed by atoms with E-state index in [1.807, 2.05) is 19.1 Å². The van der Waals surface area contributed by atoms with Crippen molar-refractivity contribution in [2.45, 2.75) is 45.3 Å². The number of rotatable bonds is 11. The van der Waals surface area contributed by atoms with Crippen molar-refractivity contribution in [3.8, 4) is 0 Å². The van der Waals surface area contributed by atoms with Crippen LogP contribution in [-0.2, 0) is 20.7 Å². The van der Waals surface area contributed by atoms with Crippen LogP contribution in [0.25, 0.3) is 0 Å². The molecule has 0 amide bonds. The lowest BCUT2D eigenvalue weighted by molar-refractivity contribution is -0.139. The highest BCUT2D eigenvalue weighted by Crippen LogP contribution is 2.32. The van der Waals surface area contributed by atoms with Crippen molar-refractivity contribution >= 4 is 5.97 Å². The van der Waals surface area contributed by atoms with Gasteiger partial charge in [-0.05, 0) is 44.6 Å². The van der Waals surface area contributed by atoms with Crippen LogP contribution in [-0.4, -0.2) is 36.9 Å². The number of hydrogen-bond donors (Lipinski definition) is 0. The van der Waals surface area contributed by atoms with E-state index in [0.29, 0.717) is 26.2 Å². The highest BCUT2D eigenvalue weighted by molar-refractivity contribution is 5.89. The largest absolute Gasteiger partial charge is 0.463 e. The summed E-state index contributed by atoms with van der Waals surface area (Å²) in [5, 5.41) is 0. The summed E-state index contributed by atoms with van der Waals surface area (Å²) in [7, 11) is 0. The number of benzene rings is 1. The third-order valence-electron chi connectivity index (χ3n) is 4.66. The fourth-order valence-corrected chi connectivity index (χ4v) is 3.47. The Labute approximate surface area is 163 Å². The van der Waals surface area contributed by atoms with Gasteiger partial charge in [0.15, 0.2) is 0 Å². The maximum Gasteiger partial charge on any atom is 0.335 e. The minimum Gasteiger partial charge on any atom is -0.463 e. The van der Waals surface area contributed by atoms with Crippen LogP contribution in [0.4, 0.5) is 0 Å². The Morgan fingerprint density at radius 1 is 1.22 bits per heavy atom. The normalized spacial score (nSPS) is 16.9. The Morgan fingerprint density at radius 3 is 2.67 bits per heavy atom. The molecule has 1 unspecified atom stereocenters. The molecule has 2 rings (SSSR count). The molecule has 1 aromatic carbocycles. The van der Waals surface area contributed by atoms with Crippen LogP contribution in [0.1, 0.15) is 38.2 Å². The number of allylic oxidation sites excluding steroid dienone is 1. The Kier molecular flexibility index (Phi) is 8.85.